The molecule has 186 valence electrons. The maximum Gasteiger partial charge on any atom is 0.416 e. The van der Waals surface area contributed by atoms with Crippen LogP contribution in [0.2, 0.25) is 0 Å². The molecule has 0 N–H and O–H groups in total. The van der Waals surface area contributed by atoms with Gasteiger partial charge in [0, 0.05) is 28.2 Å². The smallest absolute Gasteiger partial charge is 0.416 e. The molecule has 0 saturated carbocycles. The van der Waals surface area contributed by atoms with Gasteiger partial charge >= 0.3 is 12.1 Å². The third-order valence-electron chi connectivity index (χ3n) is 5.86. The molecule has 2 heterocycles. The second-order valence-electron chi connectivity index (χ2n) is 8.20. The van der Waals surface area contributed by atoms with Crippen LogP contribution in [0.1, 0.15) is 11.1 Å². The minimum Gasteiger partial charge on any atom is -0.468 e. The summed E-state index contributed by atoms with van der Waals surface area (Å²) in [5, 5.41) is 5.39. The highest BCUT2D eigenvalue weighted by Crippen LogP contribution is 2.32. The Hall–Kier alpha value is -4.73. The summed E-state index contributed by atoms with van der Waals surface area (Å²) in [7, 11) is 1.30. The molecule has 0 aliphatic heterocycles. The van der Waals surface area contributed by atoms with E-state index in [1.165, 1.54) is 25.5 Å². The average Bonchev–Trinajstić information content (AvgIpc) is 3.24. The molecule has 0 unspecified atom stereocenters. The van der Waals surface area contributed by atoms with Gasteiger partial charge in [0.05, 0.1) is 29.8 Å². The molecular weight excluding hydrogens is 485 g/mol. The van der Waals surface area contributed by atoms with Gasteiger partial charge in [0.2, 0.25) is 0 Å². The summed E-state index contributed by atoms with van der Waals surface area (Å²) in [6, 6.07) is 18.4. The van der Waals surface area contributed by atoms with E-state index in [1.54, 1.807) is 35.0 Å². The van der Waals surface area contributed by atoms with E-state index in [4.69, 9.17) is 4.74 Å². The Balaban J connectivity index is 1.69. The minimum atomic E-state index is -4.57. The summed E-state index contributed by atoms with van der Waals surface area (Å²) < 4.78 is 47.6. The number of rotatable bonds is 5. The highest BCUT2D eigenvalue weighted by atomic mass is 19.4. The van der Waals surface area contributed by atoms with Crippen molar-refractivity contribution in [3.8, 4) is 11.4 Å². The van der Waals surface area contributed by atoms with Crippen molar-refractivity contribution in [3.63, 3.8) is 0 Å². The Morgan fingerprint density at radius 1 is 1.03 bits per heavy atom. The summed E-state index contributed by atoms with van der Waals surface area (Å²) in [5.74, 6) is -0.477. The van der Waals surface area contributed by atoms with Gasteiger partial charge < -0.3 is 9.30 Å². The summed E-state index contributed by atoms with van der Waals surface area (Å²) >= 11 is 0. The molecule has 0 spiro atoms. The molecule has 0 aliphatic carbocycles. The van der Waals surface area contributed by atoms with Gasteiger partial charge in [-0.3, -0.25) is 9.59 Å². The molecule has 0 amide bonds. The van der Waals surface area contributed by atoms with E-state index < -0.39 is 23.3 Å². The molecule has 7 nitrogen and oxygen atoms in total. The zero-order valence-electron chi connectivity index (χ0n) is 19.4. The van der Waals surface area contributed by atoms with Gasteiger partial charge in [-0.05, 0) is 30.3 Å². The van der Waals surface area contributed by atoms with Crippen LogP contribution >= 0.6 is 0 Å². The molecular formula is C27H19F3N4O3. The normalized spacial score (nSPS) is 12.0. The SMILES string of the molecule is COC(=O)Cn1cc(C=Nn2c(-c3cccc(C(F)(F)F)c3)nc3ccccc3c2=O)c2ccccc21. The predicted molar refractivity (Wildman–Crippen MR) is 133 cm³/mol. The first-order chi connectivity index (χ1) is 17.8. The summed E-state index contributed by atoms with van der Waals surface area (Å²) in [4.78, 5) is 29.7. The van der Waals surface area contributed by atoms with Gasteiger partial charge in [0.15, 0.2) is 5.82 Å². The molecule has 0 bridgehead atoms. The van der Waals surface area contributed by atoms with Gasteiger partial charge in [-0.15, -0.1) is 0 Å². The van der Waals surface area contributed by atoms with Crippen LogP contribution in [-0.2, 0) is 22.3 Å². The van der Waals surface area contributed by atoms with E-state index >= 15 is 0 Å². The Morgan fingerprint density at radius 2 is 1.76 bits per heavy atom. The van der Waals surface area contributed by atoms with Crippen LogP contribution < -0.4 is 5.56 Å². The van der Waals surface area contributed by atoms with Crippen molar-refractivity contribution in [2.24, 2.45) is 5.10 Å². The highest BCUT2D eigenvalue weighted by Gasteiger charge is 2.31. The number of carbonyl (C=O) groups excluding carboxylic acids is 1. The first kappa shape index (κ1) is 24.0. The molecule has 2 aromatic heterocycles. The number of para-hydroxylation sites is 2. The number of fused-ring (bicyclic) bond motifs is 2. The van der Waals surface area contributed by atoms with Crippen LogP contribution in [0.3, 0.4) is 0 Å². The van der Waals surface area contributed by atoms with Gasteiger partial charge in [-0.25, -0.2) is 4.98 Å². The molecule has 5 rings (SSSR count). The summed E-state index contributed by atoms with van der Waals surface area (Å²) in [6.07, 6.45) is -1.46. The Kier molecular flexibility index (Phi) is 6.08. The molecule has 0 atom stereocenters. The summed E-state index contributed by atoms with van der Waals surface area (Å²) in [5.41, 5.74) is 0.358. The first-order valence-electron chi connectivity index (χ1n) is 11.1. The molecule has 10 heteroatoms. The average molecular weight is 504 g/mol. The number of hydrogen-bond donors (Lipinski definition) is 0. The Morgan fingerprint density at radius 3 is 2.51 bits per heavy atom. The van der Waals surface area contributed by atoms with E-state index in [0.29, 0.717) is 11.1 Å². The van der Waals surface area contributed by atoms with Gasteiger partial charge in [0.1, 0.15) is 6.54 Å². The Bertz CT molecular complexity index is 1740. The molecule has 37 heavy (non-hydrogen) atoms. The van der Waals surface area contributed by atoms with Crippen LogP contribution in [0.15, 0.2) is 88.9 Å². The van der Waals surface area contributed by atoms with E-state index in [2.05, 4.69) is 10.1 Å². The molecule has 0 aliphatic rings. The van der Waals surface area contributed by atoms with Gasteiger partial charge in [-0.1, -0.05) is 42.5 Å². The third kappa shape index (κ3) is 4.61. The van der Waals surface area contributed by atoms with Crippen molar-refractivity contribution < 1.29 is 22.7 Å². The van der Waals surface area contributed by atoms with Crippen LogP contribution in [0, 0.1) is 0 Å². The monoisotopic (exact) mass is 504 g/mol. The third-order valence-corrected chi connectivity index (χ3v) is 5.86. The lowest BCUT2D eigenvalue weighted by Crippen LogP contribution is -2.20. The topological polar surface area (TPSA) is 78.5 Å². The van der Waals surface area contributed by atoms with Gasteiger partial charge in [0.25, 0.3) is 5.56 Å². The molecule has 3 aromatic carbocycles. The van der Waals surface area contributed by atoms with E-state index in [-0.39, 0.29) is 23.3 Å². The van der Waals surface area contributed by atoms with Gasteiger partial charge in [-0.2, -0.15) is 22.9 Å². The van der Waals surface area contributed by atoms with Crippen LogP contribution in [0.4, 0.5) is 13.2 Å². The van der Waals surface area contributed by atoms with Crippen LogP contribution in [-0.4, -0.2) is 33.5 Å². The standard InChI is InChI=1S/C27H19F3N4O3/c1-37-24(35)16-33-15-18(20-9-3-5-12-23(20)33)14-31-34-25(17-7-6-8-19(13-17)27(28,29)30)32-22-11-4-2-10-21(22)26(34)36/h2-15H,16H2,1H3. The predicted octanol–water partition coefficient (Wildman–Crippen LogP) is 5.09. The fourth-order valence-electron chi connectivity index (χ4n) is 4.08. The number of esters is 1. The highest BCUT2D eigenvalue weighted by molar-refractivity contribution is 6.00. The van der Waals surface area contributed by atoms with Crippen molar-refractivity contribution in [2.45, 2.75) is 12.7 Å². The fraction of sp³-hybridized carbons (Fsp3) is 0.111. The minimum absolute atomic E-state index is 0.0299. The van der Waals surface area contributed by atoms with Crippen LogP contribution in [0.25, 0.3) is 33.2 Å². The lowest BCUT2D eigenvalue weighted by Gasteiger charge is -2.12. The number of hydrogen-bond acceptors (Lipinski definition) is 5. The largest absolute Gasteiger partial charge is 0.468 e. The number of ether oxygens (including phenoxy) is 1. The second kappa shape index (κ2) is 9.38. The molecule has 0 saturated heterocycles. The lowest BCUT2D eigenvalue weighted by atomic mass is 10.1. The molecule has 0 fully saturated rings. The van der Waals surface area contributed by atoms with E-state index in [1.807, 2.05) is 24.3 Å². The van der Waals surface area contributed by atoms with E-state index in [9.17, 15) is 22.8 Å². The van der Waals surface area contributed by atoms with Crippen molar-refractivity contribution >= 4 is 34.0 Å². The van der Waals surface area contributed by atoms with Crippen LogP contribution in [0.5, 0.6) is 0 Å². The quantitative estimate of drug-likeness (QED) is 0.247. The van der Waals surface area contributed by atoms with Crippen molar-refractivity contribution in [2.75, 3.05) is 7.11 Å². The zero-order valence-corrected chi connectivity index (χ0v) is 19.4. The maximum absolute atomic E-state index is 13.4. The van der Waals surface area contributed by atoms with Crippen molar-refractivity contribution in [1.82, 2.24) is 14.2 Å². The number of nitrogens with zero attached hydrogens (tertiary/aromatic N) is 4. The number of halogens is 3. The first-order valence-corrected chi connectivity index (χ1v) is 11.1. The number of benzene rings is 3. The summed E-state index contributed by atoms with van der Waals surface area (Å²) in [6.45, 7) is -0.0299. The lowest BCUT2D eigenvalue weighted by molar-refractivity contribution is -0.141. The number of aromatic nitrogens is 3. The fourth-order valence-corrected chi connectivity index (χ4v) is 4.08. The second-order valence-corrected chi connectivity index (χ2v) is 8.20. The maximum atomic E-state index is 13.4. The van der Waals surface area contributed by atoms with Crippen molar-refractivity contribution in [1.29, 1.82) is 0 Å². The number of alkyl halides is 3. The zero-order chi connectivity index (χ0) is 26.2. The van der Waals surface area contributed by atoms with Crippen molar-refractivity contribution in [3.05, 3.63) is 100 Å². The molecule has 5 aromatic rings. The molecule has 0 radical (unpaired) electrons. The van der Waals surface area contributed by atoms with E-state index in [0.717, 1.165) is 27.7 Å². The number of carbonyl (C=O) groups is 1. The number of methoxy groups -OCH3 is 1. The Labute approximate surface area is 208 Å².